The number of ether oxygens (including phenoxy) is 3. The summed E-state index contributed by atoms with van der Waals surface area (Å²) in [5.41, 5.74) is 2.05. The molecule has 0 aliphatic heterocycles. The van der Waals surface area contributed by atoms with Gasteiger partial charge in [-0.25, -0.2) is 0 Å². The molecule has 0 saturated carbocycles. The zero-order valence-electron chi connectivity index (χ0n) is 16.5. The van der Waals surface area contributed by atoms with Crippen molar-refractivity contribution in [2.24, 2.45) is 4.99 Å². The number of methoxy groups -OCH3 is 1. The van der Waals surface area contributed by atoms with Crippen LogP contribution in [0.3, 0.4) is 0 Å². The summed E-state index contributed by atoms with van der Waals surface area (Å²) in [5.74, 6) is 3.03. The molecular formula is C21H29N3O3. The molecule has 0 fully saturated rings. The van der Waals surface area contributed by atoms with E-state index in [1.54, 1.807) is 14.2 Å². The first-order valence-electron chi connectivity index (χ1n) is 9.21. The highest BCUT2D eigenvalue weighted by atomic mass is 16.5. The van der Waals surface area contributed by atoms with E-state index in [2.05, 4.69) is 21.7 Å². The van der Waals surface area contributed by atoms with Crippen LogP contribution in [0.15, 0.2) is 47.5 Å². The molecular weight excluding hydrogens is 342 g/mol. The maximum absolute atomic E-state index is 5.68. The Kier molecular flexibility index (Phi) is 8.29. The fraction of sp³-hybridized carbons (Fsp3) is 0.381. The number of nitrogens with one attached hydrogen (secondary N) is 2. The second kappa shape index (κ2) is 11.0. The van der Waals surface area contributed by atoms with E-state index in [0.29, 0.717) is 30.7 Å². The Balaban J connectivity index is 1.96. The minimum atomic E-state index is 0.575. The quantitative estimate of drug-likeness (QED) is 0.519. The Hall–Kier alpha value is -2.89. The van der Waals surface area contributed by atoms with Gasteiger partial charge < -0.3 is 24.8 Å². The molecule has 146 valence electrons. The van der Waals surface area contributed by atoms with Crippen LogP contribution < -0.4 is 24.8 Å². The first kappa shape index (κ1) is 20.4. The number of guanidine groups is 1. The Morgan fingerprint density at radius 3 is 2.41 bits per heavy atom. The van der Waals surface area contributed by atoms with E-state index in [1.165, 1.54) is 5.56 Å². The molecule has 0 bridgehead atoms. The summed E-state index contributed by atoms with van der Waals surface area (Å²) >= 11 is 0. The van der Waals surface area contributed by atoms with Gasteiger partial charge in [-0.1, -0.05) is 18.2 Å². The molecule has 2 N–H and O–H groups in total. The van der Waals surface area contributed by atoms with Crippen molar-refractivity contribution < 1.29 is 14.2 Å². The Morgan fingerprint density at radius 1 is 0.963 bits per heavy atom. The summed E-state index contributed by atoms with van der Waals surface area (Å²) in [5, 5.41) is 6.60. The molecule has 2 rings (SSSR count). The van der Waals surface area contributed by atoms with E-state index < -0.39 is 0 Å². The molecule has 6 heteroatoms. The monoisotopic (exact) mass is 371 g/mol. The number of hydrogen-bond donors (Lipinski definition) is 2. The second-order valence-electron chi connectivity index (χ2n) is 5.71. The average Bonchev–Trinajstić information content (AvgIpc) is 2.69. The summed E-state index contributed by atoms with van der Waals surface area (Å²) < 4.78 is 16.6. The standard InChI is InChI=1S/C21H29N3O3/c1-5-26-18-10-8-7-9-16(18)13-14-23-21(22-3)24-17-11-12-19(25-4)20(15-17)27-6-2/h7-12,15H,5-6,13-14H2,1-4H3,(H2,22,23,24). The third-order valence-electron chi connectivity index (χ3n) is 3.91. The highest BCUT2D eigenvalue weighted by molar-refractivity contribution is 5.93. The molecule has 0 aromatic heterocycles. The molecule has 0 saturated heterocycles. The van der Waals surface area contributed by atoms with Gasteiger partial charge in [0.15, 0.2) is 17.5 Å². The predicted molar refractivity (Wildman–Crippen MR) is 110 cm³/mol. The Bertz CT molecular complexity index is 747. The average molecular weight is 371 g/mol. The van der Waals surface area contributed by atoms with Crippen LogP contribution in [0.1, 0.15) is 19.4 Å². The smallest absolute Gasteiger partial charge is 0.195 e. The lowest BCUT2D eigenvalue weighted by molar-refractivity contribution is 0.311. The van der Waals surface area contributed by atoms with Gasteiger partial charge in [0.05, 0.1) is 20.3 Å². The van der Waals surface area contributed by atoms with Crippen LogP contribution >= 0.6 is 0 Å². The van der Waals surface area contributed by atoms with Crippen molar-refractivity contribution >= 4 is 11.6 Å². The number of benzene rings is 2. The number of aliphatic imine (C=N–C) groups is 1. The molecule has 2 aromatic carbocycles. The molecule has 0 amide bonds. The number of hydrogen-bond acceptors (Lipinski definition) is 4. The lowest BCUT2D eigenvalue weighted by Gasteiger charge is -2.15. The first-order chi connectivity index (χ1) is 13.2. The minimum absolute atomic E-state index is 0.575. The van der Waals surface area contributed by atoms with Crippen LogP contribution in [0.5, 0.6) is 17.2 Å². The summed E-state index contributed by atoms with van der Waals surface area (Å²) in [6.07, 6.45) is 0.837. The van der Waals surface area contributed by atoms with Gasteiger partial charge in [0.2, 0.25) is 0 Å². The molecule has 0 radical (unpaired) electrons. The van der Waals surface area contributed by atoms with Gasteiger partial charge in [0.1, 0.15) is 5.75 Å². The van der Waals surface area contributed by atoms with Gasteiger partial charge in [-0.05, 0) is 44.0 Å². The fourth-order valence-electron chi connectivity index (χ4n) is 2.66. The highest BCUT2D eigenvalue weighted by Gasteiger charge is 2.07. The lowest BCUT2D eigenvalue weighted by atomic mass is 10.1. The molecule has 2 aromatic rings. The van der Waals surface area contributed by atoms with Crippen LogP contribution in [0.25, 0.3) is 0 Å². The molecule has 27 heavy (non-hydrogen) atoms. The maximum atomic E-state index is 5.68. The van der Waals surface area contributed by atoms with Crippen LogP contribution in [0, 0.1) is 0 Å². The van der Waals surface area contributed by atoms with Crippen molar-refractivity contribution in [3.63, 3.8) is 0 Å². The van der Waals surface area contributed by atoms with Crippen molar-refractivity contribution in [1.82, 2.24) is 5.32 Å². The first-order valence-corrected chi connectivity index (χ1v) is 9.21. The van der Waals surface area contributed by atoms with Crippen LogP contribution in [0.2, 0.25) is 0 Å². The molecule has 0 spiro atoms. The topological polar surface area (TPSA) is 64.1 Å². The van der Waals surface area contributed by atoms with Gasteiger partial charge in [0.25, 0.3) is 0 Å². The second-order valence-corrected chi connectivity index (χ2v) is 5.71. The van der Waals surface area contributed by atoms with Crippen molar-refractivity contribution in [3.05, 3.63) is 48.0 Å². The van der Waals surface area contributed by atoms with Gasteiger partial charge in [-0.15, -0.1) is 0 Å². The zero-order chi connectivity index (χ0) is 19.5. The normalized spacial score (nSPS) is 11.0. The SMILES string of the molecule is CCOc1ccccc1CCNC(=NC)Nc1ccc(OC)c(OCC)c1. The maximum Gasteiger partial charge on any atom is 0.195 e. The molecule has 6 nitrogen and oxygen atoms in total. The molecule has 0 aliphatic rings. The van der Waals surface area contributed by atoms with Crippen LogP contribution in [-0.4, -0.2) is 39.9 Å². The van der Waals surface area contributed by atoms with E-state index in [4.69, 9.17) is 14.2 Å². The predicted octanol–water partition coefficient (Wildman–Crippen LogP) is 3.72. The van der Waals surface area contributed by atoms with Crippen LogP contribution in [0.4, 0.5) is 5.69 Å². The summed E-state index contributed by atoms with van der Waals surface area (Å²) in [6.45, 7) is 5.91. The van der Waals surface area contributed by atoms with E-state index in [-0.39, 0.29) is 0 Å². The van der Waals surface area contributed by atoms with Crippen LogP contribution in [-0.2, 0) is 6.42 Å². The van der Waals surface area contributed by atoms with E-state index >= 15 is 0 Å². The fourth-order valence-corrected chi connectivity index (χ4v) is 2.66. The number of anilines is 1. The number of para-hydroxylation sites is 1. The van der Waals surface area contributed by atoms with Crippen molar-refractivity contribution in [1.29, 1.82) is 0 Å². The number of rotatable bonds is 9. The van der Waals surface area contributed by atoms with E-state index in [1.807, 2.05) is 50.2 Å². The third-order valence-corrected chi connectivity index (χ3v) is 3.91. The van der Waals surface area contributed by atoms with Gasteiger partial charge in [0, 0.05) is 25.3 Å². The Labute approximate surface area is 161 Å². The molecule has 0 aliphatic carbocycles. The zero-order valence-corrected chi connectivity index (χ0v) is 16.5. The summed E-state index contributed by atoms with van der Waals surface area (Å²) in [7, 11) is 3.38. The number of nitrogens with zero attached hydrogens (tertiary/aromatic N) is 1. The van der Waals surface area contributed by atoms with Gasteiger partial charge >= 0.3 is 0 Å². The third kappa shape index (κ3) is 6.09. The van der Waals surface area contributed by atoms with E-state index in [9.17, 15) is 0 Å². The van der Waals surface area contributed by atoms with Gasteiger partial charge in [-0.3, -0.25) is 4.99 Å². The molecule has 0 unspecified atom stereocenters. The van der Waals surface area contributed by atoms with Crippen molar-refractivity contribution in [2.75, 3.05) is 39.2 Å². The van der Waals surface area contributed by atoms with E-state index in [0.717, 1.165) is 24.4 Å². The molecule has 0 atom stereocenters. The lowest BCUT2D eigenvalue weighted by Crippen LogP contribution is -2.32. The highest BCUT2D eigenvalue weighted by Crippen LogP contribution is 2.30. The largest absolute Gasteiger partial charge is 0.494 e. The summed E-state index contributed by atoms with van der Waals surface area (Å²) in [6, 6.07) is 13.8. The molecule has 0 heterocycles. The van der Waals surface area contributed by atoms with Crippen molar-refractivity contribution in [3.8, 4) is 17.2 Å². The van der Waals surface area contributed by atoms with Gasteiger partial charge in [-0.2, -0.15) is 0 Å². The minimum Gasteiger partial charge on any atom is -0.494 e. The summed E-state index contributed by atoms with van der Waals surface area (Å²) in [4.78, 5) is 4.28. The Morgan fingerprint density at radius 2 is 1.70 bits per heavy atom. The van der Waals surface area contributed by atoms with Crippen molar-refractivity contribution in [2.45, 2.75) is 20.3 Å².